The molecule has 0 saturated heterocycles. The number of H-pyrrole nitrogens is 1. The molecule has 1 heterocycles. The zero-order valence-corrected chi connectivity index (χ0v) is 9.11. The lowest BCUT2D eigenvalue weighted by atomic mass is 10.1. The Kier molecular flexibility index (Phi) is 3.49. The van der Waals surface area contributed by atoms with E-state index in [0.717, 1.165) is 5.56 Å². The first-order chi connectivity index (χ1) is 8.24. The molecular formula is C12H12FN3O. The van der Waals surface area contributed by atoms with E-state index >= 15 is 0 Å². The molecule has 0 aliphatic carbocycles. The van der Waals surface area contributed by atoms with Crippen LogP contribution in [-0.4, -0.2) is 16.1 Å². The van der Waals surface area contributed by atoms with Gasteiger partial charge in [0.05, 0.1) is 11.9 Å². The van der Waals surface area contributed by atoms with Gasteiger partial charge in [-0.15, -0.1) is 0 Å². The van der Waals surface area contributed by atoms with Gasteiger partial charge in [0, 0.05) is 12.6 Å². The molecule has 0 aliphatic heterocycles. The molecule has 0 saturated carbocycles. The van der Waals surface area contributed by atoms with E-state index < -0.39 is 0 Å². The van der Waals surface area contributed by atoms with Crippen LogP contribution < -0.4 is 5.32 Å². The van der Waals surface area contributed by atoms with E-state index in [1.54, 1.807) is 18.3 Å². The van der Waals surface area contributed by atoms with Crippen LogP contribution in [0.15, 0.2) is 36.7 Å². The van der Waals surface area contributed by atoms with Crippen molar-refractivity contribution in [3.63, 3.8) is 0 Å². The quantitative estimate of drug-likeness (QED) is 0.849. The third-order valence-electron chi connectivity index (χ3n) is 2.31. The molecule has 1 amide bonds. The summed E-state index contributed by atoms with van der Waals surface area (Å²) in [5, 5.41) is 9.00. The summed E-state index contributed by atoms with van der Waals surface area (Å²) in [4.78, 5) is 11.5. The van der Waals surface area contributed by atoms with E-state index in [1.807, 2.05) is 0 Å². The number of aromatic amines is 1. The highest BCUT2D eigenvalue weighted by atomic mass is 19.1. The molecule has 0 aliphatic rings. The van der Waals surface area contributed by atoms with Crippen molar-refractivity contribution in [2.75, 3.05) is 5.32 Å². The molecule has 0 fully saturated rings. The lowest BCUT2D eigenvalue weighted by molar-refractivity contribution is -0.116. The van der Waals surface area contributed by atoms with E-state index in [0.29, 0.717) is 18.5 Å². The summed E-state index contributed by atoms with van der Waals surface area (Å²) in [5.74, 6) is -0.395. The fourth-order valence-corrected chi connectivity index (χ4v) is 1.49. The number of hydrogen-bond acceptors (Lipinski definition) is 2. The maximum Gasteiger partial charge on any atom is 0.224 e. The van der Waals surface area contributed by atoms with E-state index in [4.69, 9.17) is 0 Å². The van der Waals surface area contributed by atoms with Crippen molar-refractivity contribution >= 4 is 11.6 Å². The predicted molar refractivity (Wildman–Crippen MR) is 61.9 cm³/mol. The molecule has 0 bridgehead atoms. The fraction of sp³-hybridized carbons (Fsp3) is 0.167. The molecule has 2 N–H and O–H groups in total. The summed E-state index contributed by atoms with van der Waals surface area (Å²) in [6.07, 6.45) is 3.95. The van der Waals surface area contributed by atoms with Crippen LogP contribution in [0.5, 0.6) is 0 Å². The molecule has 1 aromatic carbocycles. The third kappa shape index (κ3) is 3.41. The predicted octanol–water partition coefficient (Wildman–Crippen LogP) is 2.12. The number of halogens is 1. The Bertz CT molecular complexity index is 496. The zero-order chi connectivity index (χ0) is 12.1. The van der Waals surface area contributed by atoms with Crippen LogP contribution in [0.25, 0.3) is 0 Å². The largest absolute Gasteiger partial charge is 0.323 e. The highest BCUT2D eigenvalue weighted by Gasteiger charge is 2.04. The first-order valence-electron chi connectivity index (χ1n) is 5.27. The monoisotopic (exact) mass is 233 g/mol. The van der Waals surface area contributed by atoms with Gasteiger partial charge in [-0.05, 0) is 24.1 Å². The minimum atomic E-state index is -0.280. The van der Waals surface area contributed by atoms with Crippen molar-refractivity contribution in [3.05, 3.63) is 48.0 Å². The summed E-state index contributed by atoms with van der Waals surface area (Å²) in [5.41, 5.74) is 1.45. The number of anilines is 1. The van der Waals surface area contributed by atoms with Gasteiger partial charge in [-0.3, -0.25) is 9.89 Å². The van der Waals surface area contributed by atoms with Crippen LogP contribution in [0.2, 0.25) is 0 Å². The summed E-state index contributed by atoms with van der Waals surface area (Å²) < 4.78 is 12.9. The topological polar surface area (TPSA) is 57.8 Å². The van der Waals surface area contributed by atoms with Crippen LogP contribution in [0.1, 0.15) is 12.0 Å². The van der Waals surface area contributed by atoms with Crippen LogP contribution >= 0.6 is 0 Å². The summed E-state index contributed by atoms with van der Waals surface area (Å²) in [6, 6.07) is 6.26. The lowest BCUT2D eigenvalue weighted by Gasteiger charge is -2.02. The van der Waals surface area contributed by atoms with Crippen molar-refractivity contribution in [1.29, 1.82) is 0 Å². The van der Waals surface area contributed by atoms with Crippen molar-refractivity contribution < 1.29 is 9.18 Å². The standard InChI is InChI=1S/C12H12FN3O/c13-10-3-1-2-9(6-10)4-5-12(17)16-11-7-14-15-8-11/h1-3,6-8H,4-5H2,(H,14,15)(H,16,17). The highest BCUT2D eigenvalue weighted by Crippen LogP contribution is 2.08. The molecule has 2 rings (SSSR count). The summed E-state index contributed by atoms with van der Waals surface area (Å²) >= 11 is 0. The van der Waals surface area contributed by atoms with Crippen LogP contribution in [0.3, 0.4) is 0 Å². The van der Waals surface area contributed by atoms with Crippen molar-refractivity contribution in [2.24, 2.45) is 0 Å². The van der Waals surface area contributed by atoms with Crippen LogP contribution in [0, 0.1) is 5.82 Å². The van der Waals surface area contributed by atoms with Gasteiger partial charge in [0.1, 0.15) is 5.82 Å². The molecule has 0 spiro atoms. The molecule has 1 aromatic heterocycles. The molecule has 17 heavy (non-hydrogen) atoms. The summed E-state index contributed by atoms with van der Waals surface area (Å²) in [6.45, 7) is 0. The first kappa shape index (κ1) is 11.3. The van der Waals surface area contributed by atoms with Crippen molar-refractivity contribution in [2.45, 2.75) is 12.8 Å². The van der Waals surface area contributed by atoms with E-state index in [2.05, 4.69) is 15.5 Å². The van der Waals surface area contributed by atoms with E-state index in [1.165, 1.54) is 18.3 Å². The van der Waals surface area contributed by atoms with Gasteiger partial charge in [-0.2, -0.15) is 5.10 Å². The Balaban J connectivity index is 1.84. The van der Waals surface area contributed by atoms with Crippen molar-refractivity contribution in [1.82, 2.24) is 10.2 Å². The Morgan fingerprint density at radius 3 is 3.06 bits per heavy atom. The number of benzene rings is 1. The molecule has 2 aromatic rings. The van der Waals surface area contributed by atoms with Crippen LogP contribution in [-0.2, 0) is 11.2 Å². The number of nitrogens with zero attached hydrogens (tertiary/aromatic N) is 1. The average molecular weight is 233 g/mol. The smallest absolute Gasteiger partial charge is 0.224 e. The molecule has 0 radical (unpaired) electrons. The zero-order valence-electron chi connectivity index (χ0n) is 9.11. The van der Waals surface area contributed by atoms with Gasteiger partial charge in [0.25, 0.3) is 0 Å². The number of aromatic nitrogens is 2. The van der Waals surface area contributed by atoms with Gasteiger partial charge in [-0.1, -0.05) is 12.1 Å². The minimum absolute atomic E-state index is 0.115. The van der Waals surface area contributed by atoms with E-state index in [9.17, 15) is 9.18 Å². The molecule has 0 unspecified atom stereocenters. The Labute approximate surface area is 97.9 Å². The number of nitrogens with one attached hydrogen (secondary N) is 2. The maximum absolute atomic E-state index is 12.9. The molecule has 4 nitrogen and oxygen atoms in total. The van der Waals surface area contributed by atoms with E-state index in [-0.39, 0.29) is 11.7 Å². The lowest BCUT2D eigenvalue weighted by Crippen LogP contribution is -2.11. The van der Waals surface area contributed by atoms with Gasteiger partial charge < -0.3 is 5.32 Å². The van der Waals surface area contributed by atoms with Gasteiger partial charge in [-0.25, -0.2) is 4.39 Å². The molecule has 88 valence electrons. The Hall–Kier alpha value is -2.17. The van der Waals surface area contributed by atoms with Gasteiger partial charge in [0.15, 0.2) is 0 Å². The Morgan fingerprint density at radius 2 is 2.35 bits per heavy atom. The Morgan fingerprint density at radius 1 is 1.47 bits per heavy atom. The average Bonchev–Trinajstić information content (AvgIpc) is 2.79. The number of rotatable bonds is 4. The molecule has 0 atom stereocenters. The van der Waals surface area contributed by atoms with Gasteiger partial charge in [0.2, 0.25) is 5.91 Å². The molecule has 5 heteroatoms. The highest BCUT2D eigenvalue weighted by molar-refractivity contribution is 5.90. The number of carbonyl (C=O) groups excluding carboxylic acids is 1. The number of hydrogen-bond donors (Lipinski definition) is 2. The third-order valence-corrected chi connectivity index (χ3v) is 2.31. The number of carbonyl (C=O) groups is 1. The second kappa shape index (κ2) is 5.25. The second-order valence-corrected chi connectivity index (χ2v) is 3.67. The van der Waals surface area contributed by atoms with Crippen LogP contribution in [0.4, 0.5) is 10.1 Å². The first-order valence-corrected chi connectivity index (χ1v) is 5.27. The second-order valence-electron chi connectivity index (χ2n) is 3.67. The summed E-state index contributed by atoms with van der Waals surface area (Å²) in [7, 11) is 0. The SMILES string of the molecule is O=C(CCc1cccc(F)c1)Nc1cn[nH]c1. The van der Waals surface area contributed by atoms with Crippen molar-refractivity contribution in [3.8, 4) is 0 Å². The molecular weight excluding hydrogens is 221 g/mol. The van der Waals surface area contributed by atoms with Gasteiger partial charge >= 0.3 is 0 Å². The normalized spacial score (nSPS) is 10.2. The minimum Gasteiger partial charge on any atom is -0.323 e. The maximum atomic E-state index is 12.9. The fourth-order valence-electron chi connectivity index (χ4n) is 1.49. The number of amides is 1. The number of aryl methyl sites for hydroxylation is 1.